The maximum Gasteiger partial charge on any atom is 0.216 e. The molecular formula is C51H49IrN3O-2. The van der Waals surface area contributed by atoms with Crippen molar-refractivity contribution < 1.29 is 42.3 Å². The summed E-state index contributed by atoms with van der Waals surface area (Å²) < 4.78 is 109. The normalized spacial score (nSPS) is 16.2. The van der Waals surface area contributed by atoms with Gasteiger partial charge in [-0.1, -0.05) is 119 Å². The third-order valence-electron chi connectivity index (χ3n) is 8.96. The Morgan fingerprint density at radius 3 is 2.09 bits per heavy atom. The van der Waals surface area contributed by atoms with E-state index in [4.69, 9.17) is 22.2 Å². The Kier molecular flexibility index (Phi) is 8.02. The fourth-order valence-electron chi connectivity index (χ4n) is 6.28. The smallest absolute Gasteiger partial charge is 0.216 e. The van der Waals surface area contributed by atoms with Crippen LogP contribution in [0, 0.1) is 38.1 Å². The van der Waals surface area contributed by atoms with Crippen LogP contribution in [0.25, 0.3) is 55.7 Å². The minimum absolute atomic E-state index is 0. The number of fused-ring (bicyclic) bond motifs is 3. The molecule has 0 bridgehead atoms. The van der Waals surface area contributed by atoms with Crippen molar-refractivity contribution in [3.05, 3.63) is 173 Å². The first-order valence-corrected chi connectivity index (χ1v) is 17.9. The molecule has 5 heteroatoms. The summed E-state index contributed by atoms with van der Waals surface area (Å²) in [7, 11) is 0. The first kappa shape index (κ1) is 26.6. The Hall–Kier alpha value is -5.22. The standard InChI is InChI=1S/C28H25N2O.C23H24N.Ir/c1-18-8-11-20(12-9-18)17-28(3,4)21-14-15-29-25(16-21)24-7-5-6-22-23-13-10-19(2)30-27(23)31-26(22)24;1-17-5-9-20(10-6-17)22-15-21(13-14-24-22)19-11-7-18(8-12-19)16-23(2,3)4;/h5-6,8-16H,17H2,1-4H3;5-9,11-15H,16H2,1-4H3;/q2*-1;/i1D3,2D3,17D2;1D3,16D2;. The molecule has 0 aliphatic carbocycles. The number of hydrogen-bond acceptors (Lipinski definition) is 4. The molecule has 56 heavy (non-hydrogen) atoms. The Labute approximate surface area is 364 Å². The summed E-state index contributed by atoms with van der Waals surface area (Å²) in [5, 5.41) is 1.40. The van der Waals surface area contributed by atoms with Gasteiger partial charge in [0.2, 0.25) is 5.71 Å². The van der Waals surface area contributed by atoms with E-state index in [-0.39, 0.29) is 42.6 Å². The molecule has 4 heterocycles. The molecule has 4 nitrogen and oxygen atoms in total. The van der Waals surface area contributed by atoms with E-state index in [0.717, 1.165) is 22.1 Å². The average molecular weight is 925 g/mol. The molecule has 0 aliphatic heterocycles. The molecule has 0 atom stereocenters. The maximum absolute atomic E-state index is 9.01. The van der Waals surface area contributed by atoms with Crippen LogP contribution < -0.4 is 0 Å². The first-order valence-electron chi connectivity index (χ1n) is 24.4. The van der Waals surface area contributed by atoms with Gasteiger partial charge in [0, 0.05) is 61.4 Å². The van der Waals surface area contributed by atoms with Gasteiger partial charge < -0.3 is 14.4 Å². The third kappa shape index (κ3) is 9.59. The Balaban J connectivity index is 0.000000233. The van der Waals surface area contributed by atoms with Crippen LogP contribution in [0.4, 0.5) is 0 Å². The summed E-state index contributed by atoms with van der Waals surface area (Å²) in [4.78, 5) is 13.1. The summed E-state index contributed by atoms with van der Waals surface area (Å²) in [6, 6.07) is 38.4. The zero-order valence-electron chi connectivity index (χ0n) is 44.7. The maximum atomic E-state index is 9.01. The van der Waals surface area contributed by atoms with Gasteiger partial charge in [0.1, 0.15) is 0 Å². The van der Waals surface area contributed by atoms with Crippen LogP contribution in [0.15, 0.2) is 132 Å². The molecule has 4 aromatic carbocycles. The van der Waals surface area contributed by atoms with Gasteiger partial charge in [0.25, 0.3) is 0 Å². The monoisotopic (exact) mass is 925 g/mol. The van der Waals surface area contributed by atoms with Crippen molar-refractivity contribution in [3.63, 3.8) is 0 Å². The van der Waals surface area contributed by atoms with E-state index in [1.165, 1.54) is 36.4 Å². The van der Waals surface area contributed by atoms with Gasteiger partial charge >= 0.3 is 0 Å². The summed E-state index contributed by atoms with van der Waals surface area (Å²) >= 11 is 0. The fraction of sp³-hybridized carbons (Fsp3) is 0.235. The zero-order chi connectivity index (χ0) is 49.8. The summed E-state index contributed by atoms with van der Waals surface area (Å²) in [5.41, 5.74) is 5.52. The van der Waals surface area contributed by atoms with Crippen molar-refractivity contribution in [2.45, 2.75) is 73.3 Å². The van der Waals surface area contributed by atoms with Gasteiger partial charge in [-0.2, -0.15) is 0 Å². The van der Waals surface area contributed by atoms with Crippen molar-refractivity contribution in [3.8, 4) is 33.6 Å². The van der Waals surface area contributed by atoms with Crippen molar-refractivity contribution in [1.82, 2.24) is 15.0 Å². The molecule has 0 saturated heterocycles. The predicted molar refractivity (Wildman–Crippen MR) is 228 cm³/mol. The molecule has 0 fully saturated rings. The second kappa shape index (κ2) is 16.9. The number of pyridine rings is 3. The quantitative estimate of drug-likeness (QED) is 0.149. The third-order valence-corrected chi connectivity index (χ3v) is 8.96. The van der Waals surface area contributed by atoms with Gasteiger partial charge in [-0.3, -0.25) is 0 Å². The van der Waals surface area contributed by atoms with E-state index in [0.29, 0.717) is 44.6 Å². The zero-order valence-corrected chi connectivity index (χ0v) is 34.1. The van der Waals surface area contributed by atoms with Crippen molar-refractivity contribution in [2.24, 2.45) is 5.41 Å². The molecule has 4 aromatic heterocycles. The molecule has 8 rings (SSSR count). The van der Waals surface area contributed by atoms with Gasteiger partial charge in [-0.15, -0.1) is 53.6 Å². The van der Waals surface area contributed by atoms with E-state index in [1.807, 2.05) is 63.2 Å². The van der Waals surface area contributed by atoms with Crippen LogP contribution in [0.2, 0.25) is 0 Å². The topological polar surface area (TPSA) is 51.8 Å². The van der Waals surface area contributed by atoms with E-state index < -0.39 is 44.1 Å². The number of rotatable bonds is 7. The molecule has 0 N–H and O–H groups in total. The largest absolute Gasteiger partial charge is 0.486 e. The average Bonchev–Trinajstić information content (AvgIpc) is 3.67. The van der Waals surface area contributed by atoms with Gasteiger partial charge in [-0.25, -0.2) is 4.98 Å². The van der Waals surface area contributed by atoms with Crippen LogP contribution in [0.1, 0.15) is 85.9 Å². The Morgan fingerprint density at radius 2 is 1.38 bits per heavy atom. The van der Waals surface area contributed by atoms with E-state index in [1.54, 1.807) is 62.6 Å². The number of aryl methyl sites for hydroxylation is 3. The van der Waals surface area contributed by atoms with Gasteiger partial charge in [-0.05, 0) is 101 Å². The SMILES string of the molecule is [2H]C([2H])([2H])c1c[c-]c(-c2cc(-c3ccc(C([2H])([2H])C(C)(C)C)cc3)ccn2)cc1.[2H]C([2H])([2H])c1ccc(C([2H])([2H])C(C)(C)c2ccnc(-c3[c-]ccc4c3oc3nc(C([2H])([2H])[2H])ccc34)c2)cc1.[Ir]. The van der Waals surface area contributed by atoms with Crippen LogP contribution >= 0.6 is 0 Å². The molecule has 285 valence electrons. The van der Waals surface area contributed by atoms with E-state index in [2.05, 4.69) is 27.1 Å². The first-order chi connectivity index (χ1) is 31.5. The number of benzene rings is 4. The fourth-order valence-corrected chi connectivity index (χ4v) is 6.28. The number of aromatic nitrogens is 3. The molecular weight excluding hydrogens is 863 g/mol. The molecule has 8 aromatic rings. The number of hydrogen-bond donors (Lipinski definition) is 0. The van der Waals surface area contributed by atoms with Crippen LogP contribution in [0.3, 0.4) is 0 Å². The second-order valence-corrected chi connectivity index (χ2v) is 14.9. The van der Waals surface area contributed by atoms with Gasteiger partial charge in [0.05, 0.1) is 5.58 Å². The second-order valence-electron chi connectivity index (χ2n) is 14.9. The number of nitrogens with zero attached hydrogens (tertiary/aromatic N) is 3. The summed E-state index contributed by atoms with van der Waals surface area (Å²) in [5.74, 6) is 0. The van der Waals surface area contributed by atoms with Crippen molar-refractivity contribution in [2.75, 3.05) is 0 Å². The van der Waals surface area contributed by atoms with Crippen LogP contribution in [0.5, 0.6) is 0 Å². The Bertz CT molecular complexity index is 3080. The summed E-state index contributed by atoms with van der Waals surface area (Å²) in [6.45, 7) is 2.47. The summed E-state index contributed by atoms with van der Waals surface area (Å²) in [6.07, 6.45) is 0.0109. The minimum Gasteiger partial charge on any atom is -0.486 e. The molecule has 1 radical (unpaired) electrons. The van der Waals surface area contributed by atoms with E-state index in [9.17, 15) is 0 Å². The molecule has 0 aliphatic rings. The molecule has 0 spiro atoms. The molecule has 0 saturated carbocycles. The van der Waals surface area contributed by atoms with Crippen molar-refractivity contribution >= 4 is 22.1 Å². The van der Waals surface area contributed by atoms with Crippen molar-refractivity contribution in [1.29, 1.82) is 0 Å². The number of furan rings is 1. The van der Waals surface area contributed by atoms with E-state index >= 15 is 0 Å². The Morgan fingerprint density at radius 1 is 0.661 bits per heavy atom. The van der Waals surface area contributed by atoms with Crippen LogP contribution in [-0.2, 0) is 38.3 Å². The molecule has 0 amide bonds. The predicted octanol–water partition coefficient (Wildman–Crippen LogP) is 13.1. The molecule has 0 unspecified atom stereocenters. The minimum atomic E-state index is -2.37. The van der Waals surface area contributed by atoms with Crippen LogP contribution in [-0.4, -0.2) is 15.0 Å². The van der Waals surface area contributed by atoms with Gasteiger partial charge in [0.15, 0.2) is 0 Å².